The number of fused-ring (bicyclic) bond motifs is 1. The molecule has 2 aromatic rings. The Morgan fingerprint density at radius 2 is 1.85 bits per heavy atom. The molecule has 9 heteroatoms. The zero-order valence-electron chi connectivity index (χ0n) is 18.3. The van der Waals surface area contributed by atoms with Crippen LogP contribution < -0.4 is 14.4 Å². The molecule has 3 atom stereocenters. The average molecular weight is 536 g/mol. The fourth-order valence-corrected chi connectivity index (χ4v) is 5.42. The normalized spacial score (nSPS) is 22.7. The summed E-state index contributed by atoms with van der Waals surface area (Å²) in [5, 5.41) is 0.421. The second-order valence-electron chi connectivity index (χ2n) is 8.14. The largest absolute Gasteiger partial charge is 0.493 e. The lowest BCUT2D eigenvalue weighted by Crippen LogP contribution is -2.64. The van der Waals surface area contributed by atoms with Crippen LogP contribution in [0.1, 0.15) is 29.6 Å². The highest BCUT2D eigenvalue weighted by molar-refractivity contribution is 9.09. The number of amides is 3. The maximum atomic E-state index is 13.6. The number of benzene rings is 2. The minimum atomic E-state index is -0.509. The molecule has 3 amide bonds. The SMILES string of the molecule is COc1ccc(C(=O)CN2C(=O)N(c3cccc(Cl)c3)C(=O)C3CC(Br)CCC32)cc1OC. The Balaban J connectivity index is 1.67. The molecule has 174 valence electrons. The van der Waals surface area contributed by atoms with Gasteiger partial charge in [0.2, 0.25) is 5.91 Å². The topological polar surface area (TPSA) is 76.2 Å². The number of alkyl halides is 1. The highest BCUT2D eigenvalue weighted by Crippen LogP contribution is 2.39. The molecule has 2 aliphatic rings. The fraction of sp³-hybridized carbons (Fsp3) is 0.375. The third-order valence-electron chi connectivity index (χ3n) is 6.21. The van der Waals surface area contributed by atoms with Gasteiger partial charge in [-0.2, -0.15) is 0 Å². The number of carbonyl (C=O) groups excluding carboxylic acids is 3. The molecule has 0 aromatic heterocycles. The Labute approximate surface area is 205 Å². The van der Waals surface area contributed by atoms with E-state index in [1.807, 2.05) is 0 Å². The number of carbonyl (C=O) groups is 3. The number of urea groups is 1. The van der Waals surface area contributed by atoms with Crippen molar-refractivity contribution in [2.75, 3.05) is 25.7 Å². The molecule has 2 fully saturated rings. The molecular weight excluding hydrogens is 512 g/mol. The van der Waals surface area contributed by atoms with Gasteiger partial charge in [-0.05, 0) is 55.7 Å². The van der Waals surface area contributed by atoms with Crippen molar-refractivity contribution in [3.05, 3.63) is 53.1 Å². The number of ketones is 1. The smallest absolute Gasteiger partial charge is 0.332 e. The van der Waals surface area contributed by atoms with Crippen LogP contribution in [0.15, 0.2) is 42.5 Å². The summed E-state index contributed by atoms with van der Waals surface area (Å²) in [6.45, 7) is -0.146. The second kappa shape index (κ2) is 9.73. The van der Waals surface area contributed by atoms with Gasteiger partial charge < -0.3 is 14.4 Å². The summed E-state index contributed by atoms with van der Waals surface area (Å²) in [5.41, 5.74) is 0.800. The van der Waals surface area contributed by atoms with Gasteiger partial charge in [-0.15, -0.1) is 0 Å². The molecule has 0 radical (unpaired) electrons. The monoisotopic (exact) mass is 534 g/mol. The average Bonchev–Trinajstić information content (AvgIpc) is 2.81. The molecule has 33 heavy (non-hydrogen) atoms. The van der Waals surface area contributed by atoms with Gasteiger partial charge in [0.25, 0.3) is 0 Å². The molecule has 0 spiro atoms. The number of methoxy groups -OCH3 is 2. The number of ether oxygens (including phenoxy) is 2. The van der Waals surface area contributed by atoms with Crippen molar-refractivity contribution in [2.24, 2.45) is 5.92 Å². The number of imide groups is 1. The summed E-state index contributed by atoms with van der Waals surface area (Å²) in [6, 6.07) is 10.7. The van der Waals surface area contributed by atoms with E-state index in [0.717, 1.165) is 11.3 Å². The molecule has 1 heterocycles. The van der Waals surface area contributed by atoms with Crippen molar-refractivity contribution in [2.45, 2.75) is 30.1 Å². The lowest BCUT2D eigenvalue weighted by molar-refractivity contribution is -0.126. The van der Waals surface area contributed by atoms with Gasteiger partial charge in [-0.3, -0.25) is 9.59 Å². The first kappa shape index (κ1) is 23.6. The second-order valence-corrected chi connectivity index (χ2v) is 9.87. The number of rotatable bonds is 6. The molecule has 1 saturated heterocycles. The maximum absolute atomic E-state index is 13.6. The first-order chi connectivity index (χ1) is 15.8. The maximum Gasteiger partial charge on any atom is 0.332 e. The number of halogens is 2. The van der Waals surface area contributed by atoms with Crippen LogP contribution in [0.2, 0.25) is 5.02 Å². The van der Waals surface area contributed by atoms with Crippen LogP contribution in [0, 0.1) is 5.92 Å². The molecule has 7 nitrogen and oxygen atoms in total. The summed E-state index contributed by atoms with van der Waals surface area (Å²) < 4.78 is 10.6. The number of hydrogen-bond donors (Lipinski definition) is 0. The molecule has 1 aliphatic heterocycles. The molecule has 0 N–H and O–H groups in total. The lowest BCUT2D eigenvalue weighted by atomic mass is 9.80. The standard InChI is InChI=1S/C24H24BrClN2O5/c1-32-21-9-6-14(10-22(21)33-2)20(29)13-27-19-8-7-15(25)11-18(19)23(30)28(24(27)31)17-5-3-4-16(26)12-17/h3-6,9-10,12,15,18-19H,7-8,11,13H2,1-2H3. The van der Waals surface area contributed by atoms with Crippen molar-refractivity contribution >= 4 is 50.9 Å². The van der Waals surface area contributed by atoms with E-state index < -0.39 is 11.9 Å². The molecule has 3 unspecified atom stereocenters. The van der Waals surface area contributed by atoms with E-state index in [0.29, 0.717) is 40.6 Å². The predicted octanol–water partition coefficient (Wildman–Crippen LogP) is 4.94. The molecule has 1 saturated carbocycles. The minimum Gasteiger partial charge on any atom is -0.493 e. The Morgan fingerprint density at radius 3 is 2.55 bits per heavy atom. The first-order valence-electron chi connectivity index (χ1n) is 10.6. The van der Waals surface area contributed by atoms with E-state index in [2.05, 4.69) is 15.9 Å². The molecular formula is C24H24BrClN2O5. The summed E-state index contributed by atoms with van der Waals surface area (Å²) >= 11 is 9.76. The third-order valence-corrected chi connectivity index (χ3v) is 7.28. The highest BCUT2D eigenvalue weighted by Gasteiger charge is 2.49. The van der Waals surface area contributed by atoms with Crippen molar-refractivity contribution in [3.63, 3.8) is 0 Å². The summed E-state index contributed by atoms with van der Waals surface area (Å²) in [6.07, 6.45) is 2.05. The molecule has 4 rings (SSSR count). The molecule has 0 bridgehead atoms. The quantitative estimate of drug-likeness (QED) is 0.387. The van der Waals surface area contributed by atoms with Crippen LogP contribution in [-0.4, -0.2) is 54.3 Å². The van der Waals surface area contributed by atoms with E-state index >= 15 is 0 Å². The zero-order chi connectivity index (χ0) is 23.7. The van der Waals surface area contributed by atoms with Gasteiger partial charge in [0, 0.05) is 21.5 Å². The summed E-state index contributed by atoms with van der Waals surface area (Å²) in [5.74, 6) is 0.0342. The van der Waals surface area contributed by atoms with Gasteiger partial charge in [0.1, 0.15) is 0 Å². The van der Waals surface area contributed by atoms with Gasteiger partial charge >= 0.3 is 6.03 Å². The third kappa shape index (κ3) is 4.59. The predicted molar refractivity (Wildman–Crippen MR) is 129 cm³/mol. The van der Waals surface area contributed by atoms with E-state index in [1.165, 1.54) is 19.1 Å². The van der Waals surface area contributed by atoms with E-state index in [9.17, 15) is 14.4 Å². The summed E-state index contributed by atoms with van der Waals surface area (Å²) in [4.78, 5) is 43.0. The number of hydrogen-bond acceptors (Lipinski definition) is 5. The Bertz CT molecular complexity index is 1090. The van der Waals surface area contributed by atoms with E-state index in [-0.39, 0.29) is 29.1 Å². The Morgan fingerprint density at radius 1 is 1.09 bits per heavy atom. The van der Waals surface area contributed by atoms with Crippen LogP contribution in [0.4, 0.5) is 10.5 Å². The number of anilines is 1. The van der Waals surface area contributed by atoms with Crippen molar-refractivity contribution in [3.8, 4) is 11.5 Å². The Kier molecular flexibility index (Phi) is 6.95. The summed E-state index contributed by atoms with van der Waals surface area (Å²) in [7, 11) is 3.02. The van der Waals surface area contributed by atoms with Gasteiger partial charge in [-0.25, -0.2) is 9.69 Å². The first-order valence-corrected chi connectivity index (χ1v) is 11.9. The van der Waals surface area contributed by atoms with Gasteiger partial charge in [0.05, 0.1) is 32.4 Å². The van der Waals surface area contributed by atoms with Crippen molar-refractivity contribution < 1.29 is 23.9 Å². The van der Waals surface area contributed by atoms with E-state index in [1.54, 1.807) is 42.5 Å². The number of Topliss-reactive ketones (excluding diaryl/α,β-unsaturated/α-hetero) is 1. The molecule has 1 aliphatic carbocycles. The fourth-order valence-electron chi connectivity index (χ4n) is 4.57. The van der Waals surface area contributed by atoms with Crippen molar-refractivity contribution in [1.29, 1.82) is 0 Å². The van der Waals surface area contributed by atoms with Crippen LogP contribution in [0.5, 0.6) is 11.5 Å². The van der Waals surface area contributed by atoms with Crippen molar-refractivity contribution in [1.82, 2.24) is 4.90 Å². The lowest BCUT2D eigenvalue weighted by Gasteiger charge is -2.47. The minimum absolute atomic E-state index is 0.146. The van der Waals surface area contributed by atoms with Gasteiger partial charge in [0.15, 0.2) is 17.3 Å². The van der Waals surface area contributed by atoms with Crippen LogP contribution >= 0.6 is 27.5 Å². The van der Waals surface area contributed by atoms with Gasteiger partial charge in [-0.1, -0.05) is 33.6 Å². The number of nitrogens with zero attached hydrogens (tertiary/aromatic N) is 2. The molecule has 2 aromatic carbocycles. The van der Waals surface area contributed by atoms with Crippen LogP contribution in [0.25, 0.3) is 0 Å². The Hall–Kier alpha value is -2.58. The highest BCUT2D eigenvalue weighted by atomic mass is 79.9. The van der Waals surface area contributed by atoms with Crippen LogP contribution in [0.3, 0.4) is 0 Å². The van der Waals surface area contributed by atoms with Crippen LogP contribution in [-0.2, 0) is 4.79 Å². The van der Waals surface area contributed by atoms with E-state index in [4.69, 9.17) is 21.1 Å². The zero-order valence-corrected chi connectivity index (χ0v) is 20.6.